The van der Waals surface area contributed by atoms with Crippen molar-refractivity contribution in [3.8, 4) is 0 Å². The number of carbonyl (C=O) groups is 2. The number of amides is 2. The summed E-state index contributed by atoms with van der Waals surface area (Å²) in [6.07, 6.45) is 0.360. The zero-order valence-corrected chi connectivity index (χ0v) is 22.5. The van der Waals surface area contributed by atoms with Crippen molar-refractivity contribution in [1.29, 1.82) is 0 Å². The molecular formula is C28H29Cl2FN2O2S. The highest BCUT2D eigenvalue weighted by molar-refractivity contribution is 7.99. The van der Waals surface area contributed by atoms with Crippen molar-refractivity contribution in [1.82, 2.24) is 10.2 Å². The number of hydrogen-bond donors (Lipinski definition) is 1. The van der Waals surface area contributed by atoms with E-state index in [4.69, 9.17) is 23.2 Å². The van der Waals surface area contributed by atoms with Crippen molar-refractivity contribution in [2.75, 3.05) is 5.75 Å². The van der Waals surface area contributed by atoms with Crippen molar-refractivity contribution in [2.24, 2.45) is 0 Å². The second-order valence-corrected chi connectivity index (χ2v) is 10.6. The molecule has 0 bridgehead atoms. The Bertz CT molecular complexity index is 1160. The molecule has 1 unspecified atom stereocenters. The molecule has 3 aromatic carbocycles. The molecule has 0 aliphatic rings. The highest BCUT2D eigenvalue weighted by Crippen LogP contribution is 2.25. The third kappa shape index (κ3) is 8.54. The lowest BCUT2D eigenvalue weighted by molar-refractivity contribution is -0.139. The Labute approximate surface area is 226 Å². The molecule has 1 atom stereocenters. The minimum absolute atomic E-state index is 0.0836. The van der Waals surface area contributed by atoms with Gasteiger partial charge in [-0.15, -0.1) is 11.8 Å². The Balaban J connectivity index is 1.87. The molecule has 0 saturated carbocycles. The second kappa shape index (κ2) is 13.7. The van der Waals surface area contributed by atoms with Crippen LogP contribution in [0.25, 0.3) is 0 Å². The van der Waals surface area contributed by atoms with Gasteiger partial charge in [0.05, 0.1) is 5.75 Å². The number of hydrogen-bond acceptors (Lipinski definition) is 3. The molecule has 0 heterocycles. The quantitative estimate of drug-likeness (QED) is 0.297. The van der Waals surface area contributed by atoms with Gasteiger partial charge in [-0.3, -0.25) is 9.59 Å². The van der Waals surface area contributed by atoms with Crippen LogP contribution >= 0.6 is 35.0 Å². The molecule has 0 fully saturated rings. The number of rotatable bonds is 11. The van der Waals surface area contributed by atoms with Gasteiger partial charge in [-0.1, -0.05) is 71.7 Å². The minimum atomic E-state index is -0.736. The summed E-state index contributed by atoms with van der Waals surface area (Å²) in [5.74, 6) is -0.0130. The molecule has 0 aliphatic heterocycles. The van der Waals surface area contributed by atoms with E-state index in [2.05, 4.69) is 5.32 Å². The molecule has 0 radical (unpaired) electrons. The molecule has 0 aliphatic carbocycles. The maximum absolute atomic E-state index is 13.6. The van der Waals surface area contributed by atoms with Crippen molar-refractivity contribution in [2.45, 2.75) is 44.6 Å². The molecule has 3 aromatic rings. The van der Waals surface area contributed by atoms with Gasteiger partial charge < -0.3 is 10.2 Å². The van der Waals surface area contributed by atoms with E-state index in [1.165, 1.54) is 23.9 Å². The summed E-state index contributed by atoms with van der Waals surface area (Å²) in [4.78, 5) is 28.5. The van der Waals surface area contributed by atoms with Gasteiger partial charge in [0.1, 0.15) is 11.9 Å². The molecular weight excluding hydrogens is 518 g/mol. The van der Waals surface area contributed by atoms with Gasteiger partial charge in [0, 0.05) is 34.8 Å². The SMILES string of the molecule is CC(C)NC(=O)C(Cc1ccccc1)N(Cc1ccc(Cl)cc1Cl)C(=O)CSCc1ccc(F)cc1. The van der Waals surface area contributed by atoms with Crippen LogP contribution in [-0.4, -0.2) is 34.6 Å². The second-order valence-electron chi connectivity index (χ2n) is 8.75. The summed E-state index contributed by atoms with van der Waals surface area (Å²) >= 11 is 13.9. The topological polar surface area (TPSA) is 49.4 Å². The fraction of sp³-hybridized carbons (Fsp3) is 0.286. The highest BCUT2D eigenvalue weighted by atomic mass is 35.5. The summed E-state index contributed by atoms with van der Waals surface area (Å²) in [6, 6.07) is 20.1. The number of nitrogens with zero attached hydrogens (tertiary/aromatic N) is 1. The highest BCUT2D eigenvalue weighted by Gasteiger charge is 2.31. The Morgan fingerprint density at radius 2 is 1.67 bits per heavy atom. The van der Waals surface area contributed by atoms with Crippen LogP contribution in [0.1, 0.15) is 30.5 Å². The van der Waals surface area contributed by atoms with Crippen molar-refractivity contribution in [3.63, 3.8) is 0 Å². The van der Waals surface area contributed by atoms with Gasteiger partial charge >= 0.3 is 0 Å². The molecule has 3 rings (SSSR count). The van der Waals surface area contributed by atoms with Crippen LogP contribution in [0.4, 0.5) is 4.39 Å². The Hall–Kier alpha value is -2.54. The fourth-order valence-corrected chi connectivity index (χ4v) is 5.03. The summed E-state index contributed by atoms with van der Waals surface area (Å²) < 4.78 is 13.2. The van der Waals surface area contributed by atoms with Gasteiger partial charge in [-0.05, 0) is 54.8 Å². The number of thioether (sulfide) groups is 1. The van der Waals surface area contributed by atoms with Crippen molar-refractivity contribution < 1.29 is 14.0 Å². The maximum atomic E-state index is 13.6. The van der Waals surface area contributed by atoms with E-state index in [-0.39, 0.29) is 36.0 Å². The van der Waals surface area contributed by atoms with Gasteiger partial charge in [-0.25, -0.2) is 4.39 Å². The van der Waals surface area contributed by atoms with Crippen molar-refractivity contribution >= 4 is 46.8 Å². The number of halogens is 3. The largest absolute Gasteiger partial charge is 0.352 e. The third-order valence-electron chi connectivity index (χ3n) is 5.47. The van der Waals surface area contributed by atoms with E-state index < -0.39 is 6.04 Å². The van der Waals surface area contributed by atoms with Crippen LogP contribution in [0.2, 0.25) is 10.0 Å². The van der Waals surface area contributed by atoms with Gasteiger partial charge in [0.15, 0.2) is 0 Å². The monoisotopic (exact) mass is 546 g/mol. The lowest BCUT2D eigenvalue weighted by Crippen LogP contribution is -2.52. The molecule has 36 heavy (non-hydrogen) atoms. The molecule has 4 nitrogen and oxygen atoms in total. The van der Waals surface area contributed by atoms with Crippen LogP contribution < -0.4 is 5.32 Å². The number of carbonyl (C=O) groups excluding carboxylic acids is 2. The van der Waals surface area contributed by atoms with Crippen LogP contribution in [0, 0.1) is 5.82 Å². The third-order valence-corrected chi connectivity index (χ3v) is 7.04. The zero-order chi connectivity index (χ0) is 26.1. The van der Waals surface area contributed by atoms with E-state index >= 15 is 0 Å². The maximum Gasteiger partial charge on any atom is 0.243 e. The Morgan fingerprint density at radius 3 is 2.31 bits per heavy atom. The summed E-state index contributed by atoms with van der Waals surface area (Å²) in [6.45, 7) is 3.94. The molecule has 8 heteroatoms. The van der Waals surface area contributed by atoms with Crippen LogP contribution in [0.5, 0.6) is 0 Å². The van der Waals surface area contributed by atoms with Crippen LogP contribution in [0.15, 0.2) is 72.8 Å². The van der Waals surface area contributed by atoms with E-state index in [0.29, 0.717) is 27.8 Å². The van der Waals surface area contributed by atoms with Crippen molar-refractivity contribution in [3.05, 3.63) is 105 Å². The smallest absolute Gasteiger partial charge is 0.243 e. The first kappa shape index (κ1) is 28.0. The summed E-state index contributed by atoms with van der Waals surface area (Å²) in [5.41, 5.74) is 2.56. The predicted octanol–water partition coefficient (Wildman–Crippen LogP) is 6.53. The lowest BCUT2D eigenvalue weighted by atomic mass is 10.0. The van der Waals surface area contributed by atoms with E-state index in [1.54, 1.807) is 35.2 Å². The summed E-state index contributed by atoms with van der Waals surface area (Å²) in [5, 5.41) is 3.89. The lowest BCUT2D eigenvalue weighted by Gasteiger charge is -2.32. The first-order valence-electron chi connectivity index (χ1n) is 11.6. The fourth-order valence-electron chi connectivity index (χ4n) is 3.69. The van der Waals surface area contributed by atoms with Crippen LogP contribution in [0.3, 0.4) is 0 Å². The zero-order valence-electron chi connectivity index (χ0n) is 20.2. The molecule has 1 N–H and O–H groups in total. The minimum Gasteiger partial charge on any atom is -0.352 e. The van der Waals surface area contributed by atoms with Gasteiger partial charge in [0.2, 0.25) is 11.8 Å². The van der Waals surface area contributed by atoms with Crippen LogP contribution in [-0.2, 0) is 28.3 Å². The molecule has 0 spiro atoms. The first-order valence-corrected chi connectivity index (χ1v) is 13.5. The summed E-state index contributed by atoms with van der Waals surface area (Å²) in [7, 11) is 0. The average Bonchev–Trinajstić information content (AvgIpc) is 2.84. The average molecular weight is 548 g/mol. The molecule has 0 saturated heterocycles. The predicted molar refractivity (Wildman–Crippen MR) is 147 cm³/mol. The van der Waals surface area contributed by atoms with E-state index in [9.17, 15) is 14.0 Å². The van der Waals surface area contributed by atoms with Gasteiger partial charge in [0.25, 0.3) is 0 Å². The first-order chi connectivity index (χ1) is 17.2. The number of nitrogens with one attached hydrogen (secondary N) is 1. The number of benzene rings is 3. The Kier molecular flexibility index (Phi) is 10.7. The van der Waals surface area contributed by atoms with E-state index in [1.807, 2.05) is 44.2 Å². The standard InChI is InChI=1S/C28H29Cl2FN2O2S/c1-19(2)32-28(35)26(14-20-6-4-3-5-7-20)33(16-22-10-11-23(29)15-25(22)30)27(34)18-36-17-21-8-12-24(31)13-9-21/h3-13,15,19,26H,14,16-18H2,1-2H3,(H,32,35). The van der Waals surface area contributed by atoms with Gasteiger partial charge in [-0.2, -0.15) is 0 Å². The molecule has 2 amide bonds. The Morgan fingerprint density at radius 1 is 0.972 bits per heavy atom. The van der Waals surface area contributed by atoms with E-state index in [0.717, 1.165) is 11.1 Å². The molecule has 0 aromatic heterocycles. The molecule has 190 valence electrons. The normalized spacial score (nSPS) is 11.8.